The number of piperidine rings is 1. The zero-order valence-electron chi connectivity index (χ0n) is 8.47. The van der Waals surface area contributed by atoms with Gasteiger partial charge in [0.05, 0.1) is 0 Å². The summed E-state index contributed by atoms with van der Waals surface area (Å²) in [6.07, 6.45) is 17.9. The Morgan fingerprint density at radius 1 is 1.00 bits per heavy atom. The molecule has 0 saturated carbocycles. The molecule has 3 aliphatic rings. The first-order valence-corrected chi connectivity index (χ1v) is 5.72. The van der Waals surface area contributed by atoms with Crippen LogP contribution in [-0.4, -0.2) is 23.5 Å². The lowest BCUT2D eigenvalue weighted by atomic mass is 9.82. The van der Waals surface area contributed by atoms with Gasteiger partial charge in [-0.25, -0.2) is 0 Å². The molecule has 1 fully saturated rings. The van der Waals surface area contributed by atoms with Crippen LogP contribution in [-0.2, 0) is 0 Å². The van der Waals surface area contributed by atoms with Gasteiger partial charge in [0.2, 0.25) is 0 Å². The summed E-state index contributed by atoms with van der Waals surface area (Å²) in [7, 11) is 0. The highest BCUT2D eigenvalue weighted by Crippen LogP contribution is 2.33. The van der Waals surface area contributed by atoms with Crippen LogP contribution in [0.4, 0.5) is 0 Å². The maximum absolute atomic E-state index is 2.67. The molecule has 3 unspecified atom stereocenters. The van der Waals surface area contributed by atoms with Gasteiger partial charge in [-0.3, -0.25) is 4.90 Å². The molecule has 1 saturated heterocycles. The lowest BCUT2D eigenvalue weighted by Crippen LogP contribution is -2.50. The summed E-state index contributed by atoms with van der Waals surface area (Å²) in [5.74, 6) is 0.780. The third-order valence-electron chi connectivity index (χ3n) is 3.73. The van der Waals surface area contributed by atoms with E-state index in [-0.39, 0.29) is 0 Å². The van der Waals surface area contributed by atoms with Crippen molar-refractivity contribution in [2.24, 2.45) is 5.92 Å². The molecule has 0 bridgehead atoms. The van der Waals surface area contributed by atoms with E-state index >= 15 is 0 Å². The Morgan fingerprint density at radius 3 is 2.93 bits per heavy atom. The number of hydrogen-bond donors (Lipinski definition) is 0. The van der Waals surface area contributed by atoms with E-state index in [1.165, 1.54) is 25.8 Å². The summed E-state index contributed by atoms with van der Waals surface area (Å²) < 4.78 is 0. The van der Waals surface area contributed by atoms with Crippen LogP contribution in [0.3, 0.4) is 0 Å². The molecule has 0 aromatic rings. The highest BCUT2D eigenvalue weighted by Gasteiger charge is 2.34. The minimum Gasteiger partial charge on any atom is -0.290 e. The molecule has 0 radical (unpaired) electrons. The third-order valence-corrected chi connectivity index (χ3v) is 3.73. The summed E-state index contributed by atoms with van der Waals surface area (Å²) in [6.45, 7) is 1.25. The molecular weight excluding hydrogens is 170 g/mol. The van der Waals surface area contributed by atoms with Gasteiger partial charge < -0.3 is 0 Å². The number of rotatable bonds is 0. The van der Waals surface area contributed by atoms with Gasteiger partial charge in [0, 0.05) is 18.6 Å². The summed E-state index contributed by atoms with van der Waals surface area (Å²) in [5.41, 5.74) is 0. The molecule has 2 aliphatic heterocycles. The van der Waals surface area contributed by atoms with Gasteiger partial charge in [-0.05, 0) is 25.2 Å². The lowest BCUT2D eigenvalue weighted by molar-refractivity contribution is 0.102. The number of fused-ring (bicyclic) bond motifs is 3. The number of hydrogen-bond acceptors (Lipinski definition) is 1. The normalized spacial score (nSPS) is 40.7. The summed E-state index contributed by atoms with van der Waals surface area (Å²) in [4.78, 5) is 2.67. The fraction of sp³-hybridized carbons (Fsp3) is 0.538. The minimum absolute atomic E-state index is 0.684. The Bertz CT molecular complexity index is 300. The molecule has 74 valence electrons. The molecule has 0 spiro atoms. The van der Waals surface area contributed by atoms with Crippen molar-refractivity contribution in [1.82, 2.24) is 4.90 Å². The summed E-state index contributed by atoms with van der Waals surface area (Å²) in [5, 5.41) is 0. The molecular formula is C13H17N. The van der Waals surface area contributed by atoms with Crippen molar-refractivity contribution in [2.75, 3.05) is 6.54 Å². The highest BCUT2D eigenvalue weighted by molar-refractivity contribution is 5.21. The van der Waals surface area contributed by atoms with Gasteiger partial charge in [-0.15, -0.1) is 0 Å². The van der Waals surface area contributed by atoms with Crippen molar-refractivity contribution < 1.29 is 0 Å². The Morgan fingerprint density at radius 2 is 1.93 bits per heavy atom. The minimum atomic E-state index is 0.684. The standard InChI is InChI=1S/C13H17N/c1-2-7-13-11(5-1)8-9-12-6-3-4-10-14(12)13/h1-3,5-7,11-13H,4,8-10H2. The van der Waals surface area contributed by atoms with Crippen LogP contribution in [0, 0.1) is 5.92 Å². The highest BCUT2D eigenvalue weighted by atomic mass is 15.2. The van der Waals surface area contributed by atoms with E-state index in [9.17, 15) is 0 Å². The molecule has 1 nitrogen and oxygen atoms in total. The van der Waals surface area contributed by atoms with Gasteiger partial charge >= 0.3 is 0 Å². The predicted octanol–water partition coefficient (Wildman–Crippen LogP) is 2.52. The van der Waals surface area contributed by atoms with E-state index in [2.05, 4.69) is 41.4 Å². The second kappa shape index (κ2) is 3.39. The first kappa shape index (κ1) is 8.49. The van der Waals surface area contributed by atoms with E-state index < -0.39 is 0 Å². The monoisotopic (exact) mass is 187 g/mol. The molecule has 3 atom stereocenters. The Hall–Kier alpha value is -0.820. The topological polar surface area (TPSA) is 3.24 Å². The van der Waals surface area contributed by atoms with Gasteiger partial charge in [0.25, 0.3) is 0 Å². The molecule has 1 heteroatoms. The van der Waals surface area contributed by atoms with Crippen molar-refractivity contribution in [1.29, 1.82) is 0 Å². The zero-order valence-corrected chi connectivity index (χ0v) is 8.47. The van der Waals surface area contributed by atoms with Crippen LogP contribution in [0.5, 0.6) is 0 Å². The maximum atomic E-state index is 2.67. The maximum Gasteiger partial charge on any atom is 0.0350 e. The van der Waals surface area contributed by atoms with E-state index in [1.807, 2.05) is 0 Å². The summed E-state index contributed by atoms with van der Waals surface area (Å²) >= 11 is 0. The van der Waals surface area contributed by atoms with Gasteiger partial charge in [-0.2, -0.15) is 0 Å². The van der Waals surface area contributed by atoms with E-state index in [1.54, 1.807) is 0 Å². The molecule has 0 N–H and O–H groups in total. The van der Waals surface area contributed by atoms with E-state index in [0.29, 0.717) is 6.04 Å². The lowest BCUT2D eigenvalue weighted by Gasteiger charge is -2.45. The Kier molecular flexibility index (Phi) is 2.06. The van der Waals surface area contributed by atoms with Gasteiger partial charge in [-0.1, -0.05) is 36.5 Å². The first-order valence-electron chi connectivity index (χ1n) is 5.72. The SMILES string of the molecule is C1=CC2CCC3C=CCCN3C2C=C1. The average molecular weight is 187 g/mol. The smallest absolute Gasteiger partial charge is 0.0350 e. The fourth-order valence-electron chi connectivity index (χ4n) is 3.01. The Balaban J connectivity index is 1.87. The van der Waals surface area contributed by atoms with Crippen molar-refractivity contribution in [3.8, 4) is 0 Å². The zero-order chi connectivity index (χ0) is 9.38. The molecule has 3 rings (SSSR count). The predicted molar refractivity (Wildman–Crippen MR) is 59.0 cm³/mol. The second-order valence-corrected chi connectivity index (χ2v) is 4.52. The van der Waals surface area contributed by atoms with Crippen molar-refractivity contribution in [2.45, 2.75) is 31.3 Å². The van der Waals surface area contributed by atoms with Crippen molar-refractivity contribution >= 4 is 0 Å². The summed E-state index contributed by atoms with van der Waals surface area (Å²) in [6, 6.07) is 1.41. The van der Waals surface area contributed by atoms with Gasteiger partial charge in [0.15, 0.2) is 0 Å². The largest absolute Gasteiger partial charge is 0.290 e. The number of allylic oxidation sites excluding steroid dienone is 2. The van der Waals surface area contributed by atoms with Crippen LogP contribution in [0.1, 0.15) is 19.3 Å². The van der Waals surface area contributed by atoms with Crippen LogP contribution in [0.2, 0.25) is 0 Å². The Labute approximate surface area is 85.8 Å². The van der Waals surface area contributed by atoms with Gasteiger partial charge in [0.1, 0.15) is 0 Å². The van der Waals surface area contributed by atoms with E-state index in [4.69, 9.17) is 0 Å². The van der Waals surface area contributed by atoms with E-state index in [0.717, 1.165) is 12.0 Å². The third kappa shape index (κ3) is 1.27. The van der Waals surface area contributed by atoms with Crippen LogP contribution in [0.15, 0.2) is 36.5 Å². The first-order chi connectivity index (χ1) is 6.95. The molecule has 0 amide bonds. The quantitative estimate of drug-likeness (QED) is 0.527. The molecule has 0 aromatic heterocycles. The van der Waals surface area contributed by atoms with Crippen molar-refractivity contribution in [3.63, 3.8) is 0 Å². The van der Waals surface area contributed by atoms with Crippen LogP contribution in [0.25, 0.3) is 0 Å². The molecule has 0 aromatic carbocycles. The van der Waals surface area contributed by atoms with Crippen LogP contribution >= 0.6 is 0 Å². The van der Waals surface area contributed by atoms with Crippen molar-refractivity contribution in [3.05, 3.63) is 36.5 Å². The molecule has 2 heterocycles. The average Bonchev–Trinajstić information content (AvgIpc) is 2.29. The molecule has 1 aliphatic carbocycles. The number of nitrogens with zero attached hydrogens (tertiary/aromatic N) is 1. The molecule has 14 heavy (non-hydrogen) atoms. The van der Waals surface area contributed by atoms with Crippen LogP contribution < -0.4 is 0 Å². The fourth-order valence-corrected chi connectivity index (χ4v) is 3.01. The second-order valence-electron chi connectivity index (χ2n) is 4.52.